The molecule has 0 radical (unpaired) electrons. The van der Waals surface area contributed by atoms with Gasteiger partial charge in [0.1, 0.15) is 11.6 Å². The number of rotatable bonds is 0. The molecule has 0 N–H and O–H groups in total. The molecule has 82 heavy (non-hydrogen) atoms. The molecule has 0 bridgehead atoms. The first-order chi connectivity index (χ1) is 38.7. The van der Waals surface area contributed by atoms with Gasteiger partial charge in [-0.25, -0.2) is 0 Å². The Bertz CT molecular complexity index is 1140. The minimum atomic E-state index is 0.0196. The van der Waals surface area contributed by atoms with Crippen molar-refractivity contribution in [1.82, 2.24) is 0 Å². The average molecular weight is 1270 g/mol. The summed E-state index contributed by atoms with van der Waals surface area (Å²) in [6.07, 6.45) is 18.4. The van der Waals surface area contributed by atoms with Gasteiger partial charge in [0, 0.05) is 69.4 Å². The highest BCUT2D eigenvalue weighted by atomic mass is 32.2. The van der Waals surface area contributed by atoms with Gasteiger partial charge in [-0.05, 0) is 200 Å². The van der Waals surface area contributed by atoms with Crippen LogP contribution >= 0.6 is 70.6 Å². The van der Waals surface area contributed by atoms with Crippen LogP contribution in [0.5, 0.6) is 0 Å². The molecule has 2 aliphatic carbocycles. The third kappa shape index (κ3) is 45.4. The van der Waals surface area contributed by atoms with Crippen molar-refractivity contribution in [3.05, 3.63) is 0 Å². The van der Waals surface area contributed by atoms with Gasteiger partial charge in [-0.3, -0.25) is 9.59 Å². The molecule has 14 heteroatoms. The molecule has 0 spiro atoms. The summed E-state index contributed by atoms with van der Waals surface area (Å²) >= 11 is 12.6. The fourth-order valence-corrected chi connectivity index (χ4v) is 16.7. The predicted molar refractivity (Wildman–Crippen MR) is 371 cm³/mol. The summed E-state index contributed by atoms with van der Waals surface area (Å²) in [6.45, 7) is 49.2. The molecule has 0 aromatic carbocycles. The molecule has 488 valence electrons. The summed E-state index contributed by atoms with van der Waals surface area (Å²) < 4.78 is 33.2. The normalized spacial score (nSPS) is 39.1. The minimum Gasteiger partial charge on any atom is -0.378 e. The second kappa shape index (κ2) is 49.0. The molecular formula is C68H132O8S6. The SMILES string of the molecule is CC1CCC(C)C(=O)C1.CC1CCC(C)C(=O)C1.CC1CCC(C)OC1.CC1CCC(C)OC1.CC1CCC(C)SC1.CC1CCC(C)SC1.CC1COC(C)OC1.CC1COC(C)OC1.CC1CSC(C)SC1.CC1CSC(C)SC1. The van der Waals surface area contributed by atoms with Crippen molar-refractivity contribution in [1.29, 1.82) is 0 Å². The lowest BCUT2D eigenvalue weighted by Gasteiger charge is -2.24. The first-order valence-corrected chi connectivity index (χ1v) is 39.4. The van der Waals surface area contributed by atoms with Crippen LogP contribution in [-0.2, 0) is 38.0 Å². The fraction of sp³-hybridized carbons (Fsp3) is 0.971. The van der Waals surface area contributed by atoms with E-state index in [1.54, 1.807) is 0 Å². The Kier molecular flexibility index (Phi) is 48.5. The number of ketones is 2. The summed E-state index contributed by atoms with van der Waals surface area (Å²) in [4.78, 5) is 22.0. The van der Waals surface area contributed by atoms with Crippen molar-refractivity contribution >= 4 is 82.1 Å². The largest absolute Gasteiger partial charge is 0.378 e. The van der Waals surface area contributed by atoms with E-state index in [4.69, 9.17) is 28.4 Å². The summed E-state index contributed by atoms with van der Waals surface area (Å²) in [7, 11) is 0. The lowest BCUT2D eigenvalue weighted by molar-refractivity contribution is -0.187. The van der Waals surface area contributed by atoms with E-state index in [0.717, 1.165) is 120 Å². The molecule has 12 unspecified atom stereocenters. The van der Waals surface area contributed by atoms with Gasteiger partial charge in [-0.1, -0.05) is 96.9 Å². The summed E-state index contributed by atoms with van der Waals surface area (Å²) in [5.74, 6) is 17.8. The van der Waals surface area contributed by atoms with Gasteiger partial charge in [0.25, 0.3) is 0 Å². The van der Waals surface area contributed by atoms with E-state index >= 15 is 0 Å². The molecule has 12 atom stereocenters. The molecule has 0 aromatic rings. The van der Waals surface area contributed by atoms with Crippen LogP contribution in [0.4, 0.5) is 0 Å². The zero-order valence-electron chi connectivity index (χ0n) is 56.6. The van der Waals surface area contributed by atoms with Crippen LogP contribution in [0, 0.1) is 71.0 Å². The van der Waals surface area contributed by atoms with Crippen molar-refractivity contribution in [2.24, 2.45) is 71.0 Å². The van der Waals surface area contributed by atoms with E-state index in [-0.39, 0.29) is 12.6 Å². The molecule has 8 aliphatic heterocycles. The number of thioether (sulfide) groups is 6. The Hall–Kier alpha value is 1.20. The fourth-order valence-electron chi connectivity index (χ4n) is 9.53. The van der Waals surface area contributed by atoms with Gasteiger partial charge < -0.3 is 28.4 Å². The van der Waals surface area contributed by atoms with Gasteiger partial charge in [0.15, 0.2) is 12.6 Å². The third-order valence-corrected chi connectivity index (χ3v) is 25.9. The van der Waals surface area contributed by atoms with Crippen molar-refractivity contribution in [3.8, 4) is 0 Å². The molecule has 0 aromatic heterocycles. The van der Waals surface area contributed by atoms with E-state index in [2.05, 4.69) is 181 Å². The average Bonchev–Trinajstić information content (AvgIpc) is 3.45. The summed E-state index contributed by atoms with van der Waals surface area (Å²) in [5, 5.41) is 1.87. The topological polar surface area (TPSA) is 89.5 Å². The second-order valence-electron chi connectivity index (χ2n) is 27.2. The number of Topliss-reactive ketones (excluding diaryl/α,β-unsaturated/α-hetero) is 2. The van der Waals surface area contributed by atoms with Crippen LogP contribution in [-0.4, -0.2) is 130 Å². The van der Waals surface area contributed by atoms with Gasteiger partial charge in [-0.15, -0.1) is 47.0 Å². The first kappa shape index (κ1) is 81.2. The molecule has 8 nitrogen and oxygen atoms in total. The zero-order chi connectivity index (χ0) is 61.6. The molecule has 10 rings (SSSR count). The van der Waals surface area contributed by atoms with Crippen molar-refractivity contribution in [3.63, 3.8) is 0 Å². The van der Waals surface area contributed by atoms with Crippen molar-refractivity contribution < 1.29 is 38.0 Å². The number of carbonyl (C=O) groups is 2. The Morgan fingerprint density at radius 1 is 0.268 bits per heavy atom. The van der Waals surface area contributed by atoms with Crippen LogP contribution in [0.2, 0.25) is 0 Å². The predicted octanol–water partition coefficient (Wildman–Crippen LogP) is 19.7. The molecule has 8 heterocycles. The van der Waals surface area contributed by atoms with Gasteiger partial charge in [0.2, 0.25) is 0 Å². The van der Waals surface area contributed by atoms with E-state index in [0.29, 0.717) is 59.3 Å². The molecule has 2 saturated carbocycles. The summed E-state index contributed by atoms with van der Waals surface area (Å²) in [5.41, 5.74) is 0. The van der Waals surface area contributed by atoms with Gasteiger partial charge in [-0.2, -0.15) is 23.5 Å². The first-order valence-electron chi connectivity index (χ1n) is 33.1. The molecule has 0 amide bonds. The third-order valence-electron chi connectivity index (χ3n) is 16.2. The highest BCUT2D eigenvalue weighted by Gasteiger charge is 2.24. The maximum Gasteiger partial charge on any atom is 0.154 e. The Morgan fingerprint density at radius 3 is 0.732 bits per heavy atom. The zero-order valence-corrected chi connectivity index (χ0v) is 61.5. The van der Waals surface area contributed by atoms with Crippen molar-refractivity contribution in [2.75, 3.05) is 74.2 Å². The smallest absolute Gasteiger partial charge is 0.154 e. The van der Waals surface area contributed by atoms with Crippen LogP contribution in [0.3, 0.4) is 0 Å². The van der Waals surface area contributed by atoms with E-state index in [1.165, 1.54) is 98.7 Å². The maximum absolute atomic E-state index is 11.0. The lowest BCUT2D eigenvalue weighted by Crippen LogP contribution is -2.27. The number of carbonyl (C=O) groups excluding carboxylic acids is 2. The number of ether oxygens (including phenoxy) is 6. The molecule has 10 fully saturated rings. The second-order valence-corrected chi connectivity index (χ2v) is 36.2. The van der Waals surface area contributed by atoms with Crippen LogP contribution in [0.25, 0.3) is 0 Å². The number of hydrogen-bond donors (Lipinski definition) is 0. The van der Waals surface area contributed by atoms with E-state index < -0.39 is 0 Å². The van der Waals surface area contributed by atoms with E-state index in [9.17, 15) is 9.59 Å². The maximum atomic E-state index is 11.0. The standard InChI is InChI=1S/2C8H14O.2C7H14O.2C7H14S.2C6H12O2.2C6H12S2/c2*1-6-3-4-7(2)8(9)5-6;4*1-6-3-4-7(2)8-5-6;4*1-5-3-7-6(2)8-4-5/h2*6-7H,3-5H2,1-2H3;4*6-7H,3-5H2,1-2H3;4*5-6H,3-4H2,1-2H3. The van der Waals surface area contributed by atoms with Crippen LogP contribution in [0.1, 0.15) is 228 Å². The lowest BCUT2D eigenvalue weighted by atomic mass is 9.83. The van der Waals surface area contributed by atoms with Crippen LogP contribution < -0.4 is 0 Å². The minimum absolute atomic E-state index is 0.0196. The molecule has 10 aliphatic rings. The Morgan fingerprint density at radius 2 is 0.537 bits per heavy atom. The Labute approximate surface area is 534 Å². The highest BCUT2D eigenvalue weighted by Crippen LogP contribution is 2.34. The van der Waals surface area contributed by atoms with Gasteiger partial charge in [0.05, 0.1) is 38.6 Å². The van der Waals surface area contributed by atoms with Gasteiger partial charge >= 0.3 is 0 Å². The highest BCUT2D eigenvalue weighted by molar-refractivity contribution is 8.17. The van der Waals surface area contributed by atoms with E-state index in [1.807, 2.05) is 27.7 Å². The quantitative estimate of drug-likeness (QED) is 0.231. The van der Waals surface area contributed by atoms with Crippen molar-refractivity contribution in [2.45, 2.75) is 273 Å². The monoisotopic (exact) mass is 1270 g/mol. The molecule has 8 saturated heterocycles. The number of hydrogen-bond acceptors (Lipinski definition) is 14. The Balaban J connectivity index is 0.000000456. The molecular weight excluding hydrogens is 1140 g/mol. The van der Waals surface area contributed by atoms with Crippen LogP contribution in [0.15, 0.2) is 0 Å². The summed E-state index contributed by atoms with van der Waals surface area (Å²) in [6, 6.07) is 0.